The number of rotatable bonds is 2. The van der Waals surface area contributed by atoms with Crippen LogP contribution in [0.25, 0.3) is 0 Å². The van der Waals surface area contributed by atoms with E-state index in [2.05, 4.69) is 4.98 Å². The van der Waals surface area contributed by atoms with Gasteiger partial charge in [-0.15, -0.1) is 0 Å². The van der Waals surface area contributed by atoms with Gasteiger partial charge in [0.2, 0.25) is 0 Å². The van der Waals surface area contributed by atoms with E-state index >= 15 is 0 Å². The Bertz CT molecular complexity index is 235. The zero-order chi connectivity index (χ0) is 7.68. The highest BCUT2D eigenvalue weighted by Gasteiger charge is 2.37. The predicted octanol–water partition coefficient (Wildman–Crippen LogP) is 1.18. The Morgan fingerprint density at radius 2 is 2.18 bits per heavy atom. The number of hydrogen-bond donors (Lipinski definition) is 1. The minimum Gasteiger partial charge on any atom is -0.396 e. The first-order valence-corrected chi connectivity index (χ1v) is 3.92. The number of nitrogens with zero attached hydrogens (tertiary/aromatic N) is 1. The number of aromatic nitrogens is 1. The number of pyridine rings is 1. The first-order chi connectivity index (χ1) is 5.42. The van der Waals surface area contributed by atoms with Gasteiger partial charge in [-0.3, -0.25) is 4.98 Å². The smallest absolute Gasteiger partial charge is 0.0465 e. The van der Waals surface area contributed by atoms with E-state index in [1.165, 1.54) is 5.56 Å². The maximum Gasteiger partial charge on any atom is 0.0465 e. The number of aliphatic hydroxyl groups is 1. The zero-order valence-corrected chi connectivity index (χ0v) is 6.27. The average molecular weight is 149 g/mol. The van der Waals surface area contributed by atoms with Crippen LogP contribution in [0.5, 0.6) is 0 Å². The van der Waals surface area contributed by atoms with Gasteiger partial charge in [0.15, 0.2) is 0 Å². The van der Waals surface area contributed by atoms with Crippen molar-refractivity contribution in [1.82, 2.24) is 4.98 Å². The Balaban J connectivity index is 2.09. The lowest BCUT2D eigenvalue weighted by Gasteiger charge is -1.95. The molecule has 2 nitrogen and oxygen atoms in total. The molecule has 2 heteroatoms. The van der Waals surface area contributed by atoms with Gasteiger partial charge in [-0.1, -0.05) is 0 Å². The van der Waals surface area contributed by atoms with Gasteiger partial charge in [0.05, 0.1) is 0 Å². The summed E-state index contributed by atoms with van der Waals surface area (Å²) < 4.78 is 0. The zero-order valence-electron chi connectivity index (χ0n) is 6.27. The summed E-state index contributed by atoms with van der Waals surface area (Å²) in [5.41, 5.74) is 1.32. The molecule has 1 aromatic rings. The lowest BCUT2D eigenvalue weighted by atomic mass is 10.1. The van der Waals surface area contributed by atoms with Crippen LogP contribution < -0.4 is 0 Å². The molecule has 58 valence electrons. The van der Waals surface area contributed by atoms with Crippen molar-refractivity contribution in [3.63, 3.8) is 0 Å². The molecule has 0 radical (unpaired) electrons. The van der Waals surface area contributed by atoms with Crippen LogP contribution in [0, 0.1) is 5.92 Å². The van der Waals surface area contributed by atoms with E-state index in [1.807, 2.05) is 24.5 Å². The Morgan fingerprint density at radius 3 is 2.73 bits per heavy atom. The van der Waals surface area contributed by atoms with Crippen LogP contribution in [0.3, 0.4) is 0 Å². The van der Waals surface area contributed by atoms with Crippen LogP contribution >= 0.6 is 0 Å². The van der Waals surface area contributed by atoms with Gasteiger partial charge in [0.1, 0.15) is 0 Å². The third-order valence-electron chi connectivity index (χ3n) is 2.29. The third-order valence-corrected chi connectivity index (χ3v) is 2.29. The summed E-state index contributed by atoms with van der Waals surface area (Å²) in [5, 5.41) is 8.82. The second-order valence-corrected chi connectivity index (χ2v) is 3.07. The molecule has 2 rings (SSSR count). The summed E-state index contributed by atoms with van der Waals surface area (Å²) >= 11 is 0. The van der Waals surface area contributed by atoms with Gasteiger partial charge in [-0.25, -0.2) is 0 Å². The summed E-state index contributed by atoms with van der Waals surface area (Å²) in [6.45, 7) is 0.326. The van der Waals surface area contributed by atoms with Gasteiger partial charge in [-0.05, 0) is 36.0 Å². The molecule has 1 aliphatic carbocycles. The van der Waals surface area contributed by atoms with Crippen LogP contribution in [0.1, 0.15) is 17.9 Å². The largest absolute Gasteiger partial charge is 0.396 e. The molecule has 11 heavy (non-hydrogen) atoms. The molecule has 1 N–H and O–H groups in total. The average Bonchev–Trinajstić information content (AvgIpc) is 2.85. The highest BCUT2D eigenvalue weighted by atomic mass is 16.3. The van der Waals surface area contributed by atoms with Crippen molar-refractivity contribution in [1.29, 1.82) is 0 Å². The van der Waals surface area contributed by atoms with Crippen molar-refractivity contribution in [2.75, 3.05) is 6.61 Å². The maximum atomic E-state index is 8.82. The molecule has 0 aliphatic heterocycles. The Hall–Kier alpha value is -0.890. The first-order valence-electron chi connectivity index (χ1n) is 3.92. The molecule has 0 spiro atoms. The molecule has 1 aromatic heterocycles. The van der Waals surface area contributed by atoms with Gasteiger partial charge >= 0.3 is 0 Å². The molecule has 0 amide bonds. The fourth-order valence-electron chi connectivity index (χ4n) is 1.47. The highest BCUT2D eigenvalue weighted by Crippen LogP contribution is 2.46. The normalized spacial score (nSPS) is 28.5. The van der Waals surface area contributed by atoms with E-state index in [0.717, 1.165) is 6.42 Å². The van der Waals surface area contributed by atoms with E-state index in [1.54, 1.807) is 0 Å². The topological polar surface area (TPSA) is 33.1 Å². The van der Waals surface area contributed by atoms with Crippen LogP contribution in [0.4, 0.5) is 0 Å². The fourth-order valence-corrected chi connectivity index (χ4v) is 1.47. The minimum atomic E-state index is 0.326. The van der Waals surface area contributed by atoms with E-state index in [-0.39, 0.29) is 0 Å². The fraction of sp³-hybridized carbons (Fsp3) is 0.444. The monoisotopic (exact) mass is 149 g/mol. The van der Waals surface area contributed by atoms with Crippen molar-refractivity contribution >= 4 is 0 Å². The van der Waals surface area contributed by atoms with Crippen molar-refractivity contribution in [3.05, 3.63) is 30.1 Å². The molecule has 2 atom stereocenters. The van der Waals surface area contributed by atoms with Crippen LogP contribution in [0.15, 0.2) is 24.5 Å². The van der Waals surface area contributed by atoms with Crippen LogP contribution in [-0.2, 0) is 0 Å². The van der Waals surface area contributed by atoms with Crippen molar-refractivity contribution in [3.8, 4) is 0 Å². The van der Waals surface area contributed by atoms with Crippen molar-refractivity contribution < 1.29 is 5.11 Å². The molecule has 0 bridgehead atoms. The SMILES string of the molecule is OC[C@H]1C[C@@H]1c1ccncc1. The molecular weight excluding hydrogens is 138 g/mol. The second kappa shape index (κ2) is 2.62. The van der Waals surface area contributed by atoms with Crippen LogP contribution in [-0.4, -0.2) is 16.7 Å². The molecule has 0 saturated heterocycles. The standard InChI is InChI=1S/C9H11NO/c11-6-8-5-9(8)7-1-3-10-4-2-7/h1-4,8-9,11H,5-6H2/t8-,9-/m1/s1. The molecule has 0 unspecified atom stereocenters. The minimum absolute atomic E-state index is 0.326. The predicted molar refractivity (Wildman–Crippen MR) is 42.2 cm³/mol. The Morgan fingerprint density at radius 1 is 1.45 bits per heavy atom. The molecule has 1 aliphatic rings. The van der Waals surface area contributed by atoms with Gasteiger partial charge in [-0.2, -0.15) is 0 Å². The van der Waals surface area contributed by atoms with E-state index in [0.29, 0.717) is 18.4 Å². The summed E-state index contributed by atoms with van der Waals surface area (Å²) in [7, 11) is 0. The quantitative estimate of drug-likeness (QED) is 0.684. The lowest BCUT2D eigenvalue weighted by Crippen LogP contribution is -1.88. The number of aliphatic hydroxyl groups excluding tert-OH is 1. The molecule has 0 aromatic carbocycles. The summed E-state index contributed by atoms with van der Waals surface area (Å²) in [4.78, 5) is 3.94. The molecule has 1 heterocycles. The second-order valence-electron chi connectivity index (χ2n) is 3.07. The molecular formula is C9H11NO. The summed E-state index contributed by atoms with van der Waals surface area (Å²) in [6, 6.07) is 4.06. The maximum absolute atomic E-state index is 8.82. The Labute approximate surface area is 65.9 Å². The van der Waals surface area contributed by atoms with E-state index in [4.69, 9.17) is 5.11 Å². The lowest BCUT2D eigenvalue weighted by molar-refractivity contribution is 0.274. The van der Waals surface area contributed by atoms with Gasteiger partial charge in [0.25, 0.3) is 0 Å². The summed E-state index contributed by atoms with van der Waals surface area (Å²) in [5.74, 6) is 1.11. The first kappa shape index (κ1) is 6.80. The van der Waals surface area contributed by atoms with Gasteiger partial charge in [0, 0.05) is 19.0 Å². The van der Waals surface area contributed by atoms with E-state index < -0.39 is 0 Å². The molecule has 1 saturated carbocycles. The summed E-state index contributed by atoms with van der Waals surface area (Å²) in [6.07, 6.45) is 4.75. The van der Waals surface area contributed by atoms with E-state index in [9.17, 15) is 0 Å². The van der Waals surface area contributed by atoms with Crippen molar-refractivity contribution in [2.24, 2.45) is 5.92 Å². The van der Waals surface area contributed by atoms with Gasteiger partial charge < -0.3 is 5.11 Å². The number of hydrogen-bond acceptors (Lipinski definition) is 2. The molecule has 1 fully saturated rings. The third kappa shape index (κ3) is 1.26. The van der Waals surface area contributed by atoms with Crippen molar-refractivity contribution in [2.45, 2.75) is 12.3 Å². The Kier molecular flexibility index (Phi) is 1.62. The van der Waals surface area contributed by atoms with Crippen LogP contribution in [0.2, 0.25) is 0 Å². The highest BCUT2D eigenvalue weighted by molar-refractivity contribution is 5.22.